The number of aryl methyl sites for hydroxylation is 2. The largest absolute Gasteiger partial charge is 0.320 e. The summed E-state index contributed by atoms with van der Waals surface area (Å²) in [5.74, 6) is -0.0160. The first-order valence-corrected chi connectivity index (χ1v) is 7.37. The van der Waals surface area contributed by atoms with E-state index in [0.717, 1.165) is 22.2 Å². The maximum Gasteiger partial charge on any atom is 0.290 e. The molecule has 0 fully saturated rings. The molecule has 1 heterocycles. The molecule has 22 heavy (non-hydrogen) atoms. The molecule has 2 aromatic carbocycles. The minimum absolute atomic E-state index is 0.0160. The molecule has 3 aromatic rings. The van der Waals surface area contributed by atoms with Gasteiger partial charge in [-0.3, -0.25) is 4.79 Å². The standard InChI is InChI=1S/C19H18N2O/c1-14-6-5-7-15(2)19(14)20-18(22)13-21-11-10-16-8-3-4-9-17(16)12-21/h3-12H,13H2,1-2H3/p+1. The van der Waals surface area contributed by atoms with E-state index < -0.39 is 0 Å². The van der Waals surface area contributed by atoms with Crippen molar-refractivity contribution >= 4 is 22.4 Å². The number of hydrogen-bond donors (Lipinski definition) is 1. The lowest BCUT2D eigenvalue weighted by molar-refractivity contribution is -0.682. The van der Waals surface area contributed by atoms with Crippen LogP contribution in [0.4, 0.5) is 5.69 Å². The van der Waals surface area contributed by atoms with Crippen LogP contribution in [0.15, 0.2) is 60.9 Å². The van der Waals surface area contributed by atoms with Crippen molar-refractivity contribution in [2.45, 2.75) is 20.4 Å². The van der Waals surface area contributed by atoms with Crippen LogP contribution in [0.3, 0.4) is 0 Å². The van der Waals surface area contributed by atoms with Crippen LogP contribution in [0.25, 0.3) is 10.8 Å². The van der Waals surface area contributed by atoms with Crippen LogP contribution < -0.4 is 9.88 Å². The lowest BCUT2D eigenvalue weighted by Gasteiger charge is -2.10. The van der Waals surface area contributed by atoms with E-state index >= 15 is 0 Å². The number of para-hydroxylation sites is 1. The Labute approximate surface area is 130 Å². The summed E-state index contributed by atoms with van der Waals surface area (Å²) in [5, 5.41) is 5.32. The van der Waals surface area contributed by atoms with Gasteiger partial charge in [0, 0.05) is 17.1 Å². The van der Waals surface area contributed by atoms with Gasteiger partial charge in [0.15, 0.2) is 12.4 Å². The molecule has 3 nitrogen and oxygen atoms in total. The van der Waals surface area contributed by atoms with Crippen LogP contribution in [-0.2, 0) is 11.3 Å². The predicted octanol–water partition coefficient (Wildman–Crippen LogP) is 3.38. The summed E-state index contributed by atoms with van der Waals surface area (Å²) < 4.78 is 1.91. The number of carbonyl (C=O) groups excluding carboxylic acids is 1. The molecule has 0 aliphatic rings. The third kappa shape index (κ3) is 2.98. The molecule has 0 unspecified atom stereocenters. The van der Waals surface area contributed by atoms with Crippen molar-refractivity contribution in [3.05, 3.63) is 72.1 Å². The number of nitrogens with one attached hydrogen (secondary N) is 1. The fraction of sp³-hybridized carbons (Fsp3) is 0.158. The summed E-state index contributed by atoms with van der Waals surface area (Å²) >= 11 is 0. The third-order valence-electron chi connectivity index (χ3n) is 3.82. The van der Waals surface area contributed by atoms with Gasteiger partial charge in [-0.05, 0) is 36.4 Å². The number of benzene rings is 2. The molecule has 1 amide bonds. The molecule has 0 aliphatic carbocycles. The first kappa shape index (κ1) is 14.3. The molecule has 0 aliphatic heterocycles. The first-order valence-electron chi connectivity index (χ1n) is 7.37. The summed E-state index contributed by atoms with van der Waals surface area (Å²) in [4.78, 5) is 12.3. The predicted molar refractivity (Wildman–Crippen MR) is 88.7 cm³/mol. The van der Waals surface area contributed by atoms with Gasteiger partial charge in [-0.15, -0.1) is 0 Å². The van der Waals surface area contributed by atoms with Gasteiger partial charge >= 0.3 is 0 Å². The topological polar surface area (TPSA) is 33.0 Å². The van der Waals surface area contributed by atoms with Gasteiger partial charge in [-0.1, -0.05) is 36.4 Å². The second-order valence-corrected chi connectivity index (χ2v) is 5.56. The van der Waals surface area contributed by atoms with Gasteiger partial charge in [0.2, 0.25) is 6.54 Å². The number of rotatable bonds is 3. The second-order valence-electron chi connectivity index (χ2n) is 5.56. The second kappa shape index (κ2) is 5.98. The van der Waals surface area contributed by atoms with Crippen molar-refractivity contribution in [2.75, 3.05) is 5.32 Å². The van der Waals surface area contributed by atoms with E-state index in [4.69, 9.17) is 0 Å². The van der Waals surface area contributed by atoms with Gasteiger partial charge in [0.1, 0.15) is 0 Å². The van der Waals surface area contributed by atoms with Crippen LogP contribution in [0, 0.1) is 13.8 Å². The molecule has 110 valence electrons. The number of aromatic nitrogens is 1. The molecular weight excluding hydrogens is 272 g/mol. The van der Waals surface area contributed by atoms with E-state index in [0.29, 0.717) is 6.54 Å². The summed E-state index contributed by atoms with van der Waals surface area (Å²) in [7, 11) is 0. The van der Waals surface area contributed by atoms with E-state index in [9.17, 15) is 4.79 Å². The van der Waals surface area contributed by atoms with Crippen molar-refractivity contribution in [2.24, 2.45) is 0 Å². The number of amides is 1. The number of fused-ring (bicyclic) bond motifs is 1. The van der Waals surface area contributed by atoms with Crippen molar-refractivity contribution in [3.8, 4) is 0 Å². The zero-order valence-electron chi connectivity index (χ0n) is 12.8. The molecule has 1 aromatic heterocycles. The molecule has 3 heteroatoms. The van der Waals surface area contributed by atoms with Gasteiger partial charge in [-0.2, -0.15) is 4.57 Å². The summed E-state index contributed by atoms with van der Waals surface area (Å²) in [6.07, 6.45) is 3.94. The molecule has 1 N–H and O–H groups in total. The number of carbonyl (C=O) groups is 1. The average Bonchev–Trinajstić information content (AvgIpc) is 2.51. The van der Waals surface area contributed by atoms with Crippen LogP contribution in [0.2, 0.25) is 0 Å². The molecule has 0 radical (unpaired) electrons. The van der Waals surface area contributed by atoms with Gasteiger partial charge in [-0.25, -0.2) is 0 Å². The van der Waals surface area contributed by atoms with E-state index in [1.165, 1.54) is 5.39 Å². The summed E-state index contributed by atoms with van der Waals surface area (Å²) in [6.45, 7) is 4.32. The minimum Gasteiger partial charge on any atom is -0.320 e. The quantitative estimate of drug-likeness (QED) is 0.737. The van der Waals surface area contributed by atoms with E-state index in [1.807, 2.05) is 67.2 Å². The molecule has 0 saturated heterocycles. The van der Waals surface area contributed by atoms with E-state index in [-0.39, 0.29) is 5.91 Å². The zero-order valence-corrected chi connectivity index (χ0v) is 12.8. The van der Waals surface area contributed by atoms with Crippen LogP contribution in [-0.4, -0.2) is 5.91 Å². The molecular formula is C19H19N2O+. The van der Waals surface area contributed by atoms with Gasteiger partial charge < -0.3 is 5.32 Å². The van der Waals surface area contributed by atoms with Crippen molar-refractivity contribution < 1.29 is 9.36 Å². The number of hydrogen-bond acceptors (Lipinski definition) is 1. The lowest BCUT2D eigenvalue weighted by Crippen LogP contribution is -2.39. The lowest BCUT2D eigenvalue weighted by atomic mass is 10.1. The summed E-state index contributed by atoms with van der Waals surface area (Å²) in [5.41, 5.74) is 3.07. The molecule has 3 rings (SSSR count). The Morgan fingerprint density at radius 1 is 0.955 bits per heavy atom. The molecule has 0 bridgehead atoms. The normalized spacial score (nSPS) is 10.6. The third-order valence-corrected chi connectivity index (χ3v) is 3.82. The monoisotopic (exact) mass is 291 g/mol. The highest BCUT2D eigenvalue weighted by atomic mass is 16.1. The van der Waals surface area contributed by atoms with E-state index in [2.05, 4.69) is 17.4 Å². The highest BCUT2D eigenvalue weighted by molar-refractivity contribution is 5.91. The van der Waals surface area contributed by atoms with Crippen molar-refractivity contribution in [3.63, 3.8) is 0 Å². The smallest absolute Gasteiger partial charge is 0.290 e. The minimum atomic E-state index is -0.0160. The fourth-order valence-corrected chi connectivity index (χ4v) is 2.63. The number of anilines is 1. The SMILES string of the molecule is Cc1cccc(C)c1NC(=O)C[n+]1ccc2ccccc2c1. The average molecular weight is 291 g/mol. The van der Waals surface area contributed by atoms with Crippen LogP contribution in [0.1, 0.15) is 11.1 Å². The molecule has 0 saturated carbocycles. The Morgan fingerprint density at radius 2 is 1.64 bits per heavy atom. The summed E-state index contributed by atoms with van der Waals surface area (Å²) in [6, 6.07) is 16.2. The molecule has 0 atom stereocenters. The van der Waals surface area contributed by atoms with Crippen molar-refractivity contribution in [1.82, 2.24) is 0 Å². The van der Waals surface area contributed by atoms with Gasteiger partial charge in [0.25, 0.3) is 5.91 Å². The Morgan fingerprint density at radius 3 is 2.36 bits per heavy atom. The zero-order chi connectivity index (χ0) is 15.5. The van der Waals surface area contributed by atoms with Gasteiger partial charge in [0.05, 0.1) is 0 Å². The Bertz CT molecular complexity index is 819. The van der Waals surface area contributed by atoms with Crippen molar-refractivity contribution in [1.29, 1.82) is 0 Å². The Hall–Kier alpha value is -2.68. The Balaban J connectivity index is 1.78. The highest BCUT2D eigenvalue weighted by Gasteiger charge is 2.12. The Kier molecular flexibility index (Phi) is 3.88. The molecule has 0 spiro atoms. The van der Waals surface area contributed by atoms with Crippen LogP contribution in [0.5, 0.6) is 0 Å². The van der Waals surface area contributed by atoms with Crippen LogP contribution >= 0.6 is 0 Å². The fourth-order valence-electron chi connectivity index (χ4n) is 2.63. The maximum atomic E-state index is 12.3. The first-order chi connectivity index (χ1) is 10.6. The number of pyridine rings is 1. The highest BCUT2D eigenvalue weighted by Crippen LogP contribution is 2.19. The maximum absolute atomic E-state index is 12.3. The number of nitrogens with zero attached hydrogens (tertiary/aromatic N) is 1. The van der Waals surface area contributed by atoms with E-state index in [1.54, 1.807) is 0 Å².